The number of amides is 2. The van der Waals surface area contributed by atoms with Crippen LogP contribution in [0.5, 0.6) is 0 Å². The Bertz CT molecular complexity index is 824. The van der Waals surface area contributed by atoms with Crippen molar-refractivity contribution in [1.29, 1.82) is 0 Å². The molecule has 8 heteroatoms. The molecule has 0 spiro atoms. The topological polar surface area (TPSA) is 87.7 Å². The Labute approximate surface area is 160 Å². The van der Waals surface area contributed by atoms with E-state index in [1.165, 1.54) is 4.90 Å². The second-order valence-electron chi connectivity index (χ2n) is 7.44. The molecule has 0 radical (unpaired) electrons. The predicted molar refractivity (Wildman–Crippen MR) is 102 cm³/mol. The van der Waals surface area contributed by atoms with Crippen molar-refractivity contribution in [3.8, 4) is 0 Å². The van der Waals surface area contributed by atoms with Crippen molar-refractivity contribution in [2.75, 3.05) is 25.1 Å². The van der Waals surface area contributed by atoms with E-state index >= 15 is 0 Å². The molecule has 2 amide bonds. The number of nitrogens with zero attached hydrogens (tertiary/aromatic N) is 3. The van der Waals surface area contributed by atoms with E-state index in [1.807, 2.05) is 4.90 Å². The van der Waals surface area contributed by atoms with Crippen LogP contribution >= 0.6 is 0 Å². The molecule has 0 saturated carbocycles. The summed E-state index contributed by atoms with van der Waals surface area (Å²) in [6, 6.07) is 4.76. The summed E-state index contributed by atoms with van der Waals surface area (Å²) < 4.78 is 23.4. The fourth-order valence-corrected chi connectivity index (χ4v) is 5.71. The van der Waals surface area contributed by atoms with Crippen LogP contribution in [-0.2, 0) is 9.84 Å². The number of carbonyl (C=O) groups is 2. The molecular formula is C19H27N3O4S. The molecule has 1 aromatic rings. The van der Waals surface area contributed by atoms with Gasteiger partial charge < -0.3 is 9.80 Å². The summed E-state index contributed by atoms with van der Waals surface area (Å²) >= 11 is 0. The van der Waals surface area contributed by atoms with E-state index in [1.54, 1.807) is 25.2 Å². The zero-order valence-electron chi connectivity index (χ0n) is 15.9. The number of carbonyl (C=O) groups excluding carboxylic acids is 2. The highest BCUT2D eigenvalue weighted by molar-refractivity contribution is 7.91. The van der Waals surface area contributed by atoms with Crippen molar-refractivity contribution in [2.24, 2.45) is 0 Å². The third kappa shape index (κ3) is 4.31. The zero-order chi connectivity index (χ0) is 19.6. The lowest BCUT2D eigenvalue weighted by Gasteiger charge is -2.35. The number of piperidine rings is 1. The van der Waals surface area contributed by atoms with E-state index in [2.05, 4.69) is 11.9 Å². The summed E-state index contributed by atoms with van der Waals surface area (Å²) in [6.07, 6.45) is 4.46. The number of sulfone groups is 1. The summed E-state index contributed by atoms with van der Waals surface area (Å²) in [5.74, 6) is -0.395. The van der Waals surface area contributed by atoms with Gasteiger partial charge >= 0.3 is 0 Å². The van der Waals surface area contributed by atoms with Crippen LogP contribution in [0, 0.1) is 0 Å². The quantitative estimate of drug-likeness (QED) is 0.778. The van der Waals surface area contributed by atoms with Crippen molar-refractivity contribution >= 4 is 21.7 Å². The maximum Gasteiger partial charge on any atom is 0.272 e. The Morgan fingerprint density at radius 3 is 2.63 bits per heavy atom. The number of rotatable bonds is 4. The van der Waals surface area contributed by atoms with Gasteiger partial charge in [0.25, 0.3) is 11.8 Å². The van der Waals surface area contributed by atoms with Crippen molar-refractivity contribution < 1.29 is 18.0 Å². The van der Waals surface area contributed by atoms with Crippen LogP contribution in [0.1, 0.15) is 60.0 Å². The monoisotopic (exact) mass is 393 g/mol. The molecule has 1 aromatic heterocycles. The molecule has 148 valence electrons. The average molecular weight is 394 g/mol. The van der Waals surface area contributed by atoms with E-state index in [9.17, 15) is 18.0 Å². The summed E-state index contributed by atoms with van der Waals surface area (Å²) in [7, 11) is -1.48. The molecule has 2 saturated heterocycles. The van der Waals surface area contributed by atoms with Crippen LogP contribution in [0.15, 0.2) is 18.2 Å². The lowest BCUT2D eigenvalue weighted by atomic mass is 9.99. The molecule has 0 aliphatic carbocycles. The first-order valence-corrected chi connectivity index (χ1v) is 11.4. The largest absolute Gasteiger partial charge is 0.336 e. The number of hydrogen-bond donors (Lipinski definition) is 0. The Morgan fingerprint density at radius 1 is 1.22 bits per heavy atom. The van der Waals surface area contributed by atoms with E-state index in [-0.39, 0.29) is 46.8 Å². The van der Waals surface area contributed by atoms with Crippen molar-refractivity contribution in [3.05, 3.63) is 29.6 Å². The zero-order valence-corrected chi connectivity index (χ0v) is 16.7. The minimum absolute atomic E-state index is 0.0141. The van der Waals surface area contributed by atoms with Crippen LogP contribution in [0.4, 0.5) is 0 Å². The van der Waals surface area contributed by atoms with E-state index in [0.29, 0.717) is 6.42 Å². The van der Waals surface area contributed by atoms with Crippen LogP contribution in [0.3, 0.4) is 0 Å². The number of likely N-dealkylation sites (tertiary alicyclic amines) is 1. The first-order valence-electron chi connectivity index (χ1n) is 9.58. The van der Waals surface area contributed by atoms with Crippen LogP contribution in [-0.4, -0.2) is 72.2 Å². The molecule has 0 bridgehead atoms. The van der Waals surface area contributed by atoms with Gasteiger partial charge in [-0.15, -0.1) is 0 Å². The van der Waals surface area contributed by atoms with E-state index in [0.717, 1.165) is 32.2 Å². The minimum Gasteiger partial charge on any atom is -0.336 e. The minimum atomic E-state index is -3.08. The van der Waals surface area contributed by atoms with Gasteiger partial charge in [0.2, 0.25) is 0 Å². The Hall–Kier alpha value is -1.96. The normalized spacial score (nSPS) is 24.6. The molecule has 3 rings (SSSR count). The molecule has 0 aromatic carbocycles. The lowest BCUT2D eigenvalue weighted by molar-refractivity contribution is 0.0601. The second kappa shape index (κ2) is 7.96. The standard InChI is InChI=1S/C19H27N3O4S/c1-3-14-7-4-5-11-22(14)19(24)17-9-6-8-16(20-17)18(23)21(2)15-10-12-27(25,26)13-15/h6,8-9,14-15H,3-5,7,10-13H2,1-2H3. The molecule has 2 aliphatic heterocycles. The fourth-order valence-electron chi connectivity index (χ4n) is 3.94. The fraction of sp³-hybridized carbons (Fsp3) is 0.632. The summed E-state index contributed by atoms with van der Waals surface area (Å²) in [5.41, 5.74) is 0.450. The maximum atomic E-state index is 12.9. The van der Waals surface area contributed by atoms with Gasteiger partial charge in [-0.1, -0.05) is 13.0 Å². The highest BCUT2D eigenvalue weighted by Crippen LogP contribution is 2.22. The smallest absolute Gasteiger partial charge is 0.272 e. The third-order valence-electron chi connectivity index (χ3n) is 5.62. The van der Waals surface area contributed by atoms with Gasteiger partial charge in [0.15, 0.2) is 9.84 Å². The summed E-state index contributed by atoms with van der Waals surface area (Å²) in [4.78, 5) is 33.3. The van der Waals surface area contributed by atoms with Gasteiger partial charge in [0.1, 0.15) is 11.4 Å². The first kappa shape index (κ1) is 19.8. The number of hydrogen-bond acceptors (Lipinski definition) is 5. The van der Waals surface area contributed by atoms with Crippen LogP contribution in [0.2, 0.25) is 0 Å². The van der Waals surface area contributed by atoms with Crippen molar-refractivity contribution in [1.82, 2.24) is 14.8 Å². The van der Waals surface area contributed by atoms with Crippen molar-refractivity contribution in [3.63, 3.8) is 0 Å². The number of pyridine rings is 1. The van der Waals surface area contributed by atoms with Gasteiger partial charge in [-0.2, -0.15) is 0 Å². The molecule has 0 N–H and O–H groups in total. The van der Waals surface area contributed by atoms with Crippen molar-refractivity contribution in [2.45, 2.75) is 51.1 Å². The summed E-state index contributed by atoms with van der Waals surface area (Å²) in [5, 5.41) is 0. The second-order valence-corrected chi connectivity index (χ2v) is 9.67. The summed E-state index contributed by atoms with van der Waals surface area (Å²) in [6.45, 7) is 2.80. The molecule has 7 nitrogen and oxygen atoms in total. The van der Waals surface area contributed by atoms with Gasteiger partial charge in [-0.05, 0) is 44.2 Å². The Balaban J connectivity index is 1.76. The van der Waals surface area contributed by atoms with Crippen LogP contribution in [0.25, 0.3) is 0 Å². The molecule has 2 aliphatic rings. The lowest BCUT2D eigenvalue weighted by Crippen LogP contribution is -2.44. The molecule has 27 heavy (non-hydrogen) atoms. The highest BCUT2D eigenvalue weighted by atomic mass is 32.2. The number of aromatic nitrogens is 1. The molecular weight excluding hydrogens is 366 g/mol. The maximum absolute atomic E-state index is 12.9. The van der Waals surface area contributed by atoms with E-state index < -0.39 is 9.84 Å². The van der Waals surface area contributed by atoms with Gasteiger partial charge in [-0.3, -0.25) is 9.59 Å². The van der Waals surface area contributed by atoms with Gasteiger partial charge in [0.05, 0.1) is 11.5 Å². The van der Waals surface area contributed by atoms with Gasteiger partial charge in [-0.25, -0.2) is 13.4 Å². The molecule has 2 atom stereocenters. The Morgan fingerprint density at radius 2 is 1.96 bits per heavy atom. The van der Waals surface area contributed by atoms with Gasteiger partial charge in [0, 0.05) is 25.7 Å². The molecule has 3 heterocycles. The van der Waals surface area contributed by atoms with Crippen LogP contribution < -0.4 is 0 Å². The average Bonchev–Trinajstić information content (AvgIpc) is 3.06. The Kier molecular flexibility index (Phi) is 5.83. The third-order valence-corrected chi connectivity index (χ3v) is 7.37. The predicted octanol–water partition coefficient (Wildman–Crippen LogP) is 1.75. The molecule has 2 unspecified atom stereocenters. The SMILES string of the molecule is CCC1CCCCN1C(=O)c1cccc(C(=O)N(C)C2CCS(=O)(=O)C2)n1. The highest BCUT2D eigenvalue weighted by Gasteiger charge is 2.34. The first-order chi connectivity index (χ1) is 12.8. The molecule has 2 fully saturated rings. The van der Waals surface area contributed by atoms with E-state index in [4.69, 9.17) is 0 Å².